The second kappa shape index (κ2) is 14.6. The molecular formula is C32H42ClF3N6O. The summed E-state index contributed by atoms with van der Waals surface area (Å²) in [7, 11) is 4.11. The number of nitrogens with two attached hydrogens (primary N) is 1. The topological polar surface area (TPSA) is 87.4 Å². The summed E-state index contributed by atoms with van der Waals surface area (Å²) in [5.74, 6) is -0.357. The number of hydrogen-bond donors (Lipinski definition) is 2. The van der Waals surface area contributed by atoms with Crippen LogP contribution in [0.2, 0.25) is 0 Å². The molecule has 2 aliphatic rings. The number of alkyl halides is 3. The predicted molar refractivity (Wildman–Crippen MR) is 165 cm³/mol. The summed E-state index contributed by atoms with van der Waals surface area (Å²) in [6, 6.07) is 11.1. The minimum absolute atomic E-state index is 0. The Labute approximate surface area is 258 Å². The zero-order valence-electron chi connectivity index (χ0n) is 25.0. The average Bonchev–Trinajstić information content (AvgIpc) is 2.97. The van der Waals surface area contributed by atoms with Crippen molar-refractivity contribution in [3.63, 3.8) is 0 Å². The van der Waals surface area contributed by atoms with Crippen LogP contribution in [0.3, 0.4) is 0 Å². The van der Waals surface area contributed by atoms with Crippen LogP contribution in [0.1, 0.15) is 65.2 Å². The van der Waals surface area contributed by atoms with Gasteiger partial charge in [-0.2, -0.15) is 13.2 Å². The van der Waals surface area contributed by atoms with E-state index in [0.29, 0.717) is 18.5 Å². The van der Waals surface area contributed by atoms with Crippen LogP contribution in [0.5, 0.6) is 0 Å². The van der Waals surface area contributed by atoms with E-state index >= 15 is 0 Å². The van der Waals surface area contributed by atoms with Crippen LogP contribution in [-0.4, -0.2) is 65.9 Å². The number of hydrogen-bond acceptors (Lipinski definition) is 6. The molecule has 43 heavy (non-hydrogen) atoms. The quantitative estimate of drug-likeness (QED) is 0.398. The molecule has 2 aliphatic heterocycles. The molecule has 234 valence electrons. The average molecular weight is 619 g/mol. The third kappa shape index (κ3) is 8.53. The minimum Gasteiger partial charge on any atom is -0.341 e. The van der Waals surface area contributed by atoms with Crippen molar-refractivity contribution in [3.05, 3.63) is 95.1 Å². The maximum Gasteiger partial charge on any atom is 0.416 e. The molecule has 0 radical (unpaired) electrons. The van der Waals surface area contributed by atoms with Crippen molar-refractivity contribution >= 4 is 18.3 Å². The van der Waals surface area contributed by atoms with Gasteiger partial charge >= 0.3 is 6.18 Å². The Morgan fingerprint density at radius 3 is 2.09 bits per heavy atom. The van der Waals surface area contributed by atoms with Crippen LogP contribution in [0.25, 0.3) is 0 Å². The molecule has 5 rings (SSSR count). The van der Waals surface area contributed by atoms with E-state index in [9.17, 15) is 18.0 Å². The summed E-state index contributed by atoms with van der Waals surface area (Å²) < 4.78 is 39.1. The number of carbonyl (C=O) groups excluding carboxylic acids is 1. The Morgan fingerprint density at radius 1 is 0.953 bits per heavy atom. The SMILES string of the molecule is CCc1cc(C(F)(F)F)ccc1C(=O)NC1(c2cccnc2)CCCN(C)C1.CN1CCCC(N)(c2cccnc2)C1.Cl. The van der Waals surface area contributed by atoms with Gasteiger partial charge < -0.3 is 20.9 Å². The summed E-state index contributed by atoms with van der Waals surface area (Å²) in [6.07, 6.45) is 6.89. The number of aromatic nitrogens is 2. The van der Waals surface area contributed by atoms with Gasteiger partial charge in [0, 0.05) is 43.4 Å². The number of benzene rings is 1. The van der Waals surface area contributed by atoms with Crippen LogP contribution in [-0.2, 0) is 23.7 Å². The van der Waals surface area contributed by atoms with Crippen molar-refractivity contribution in [1.29, 1.82) is 0 Å². The molecule has 7 nitrogen and oxygen atoms in total. The summed E-state index contributed by atoms with van der Waals surface area (Å²) in [5, 5.41) is 3.13. The Hall–Kier alpha value is -3.05. The first-order valence-electron chi connectivity index (χ1n) is 14.5. The van der Waals surface area contributed by atoms with Crippen molar-refractivity contribution in [3.8, 4) is 0 Å². The van der Waals surface area contributed by atoms with Crippen LogP contribution >= 0.6 is 12.4 Å². The molecule has 2 aromatic heterocycles. The number of aryl methyl sites for hydroxylation is 1. The molecule has 2 saturated heterocycles. The van der Waals surface area contributed by atoms with E-state index in [2.05, 4.69) is 38.2 Å². The lowest BCUT2D eigenvalue weighted by Gasteiger charge is -2.42. The standard InChI is InChI=1S/C21H24F3N3O.C11H17N3.ClH/c1-3-15-12-16(21(22,23)24)7-8-18(15)19(28)26-20(9-5-11-27(2)14-20)17-6-4-10-25-13-17;1-14-7-3-5-11(12,9-14)10-4-2-6-13-8-10;/h4,6-8,10,12-13H,3,5,9,11,14H2,1-2H3,(H,26,28);2,4,6,8H,3,5,7,9,12H2,1H3;1H. The van der Waals surface area contributed by atoms with Gasteiger partial charge in [0.1, 0.15) is 0 Å². The lowest BCUT2D eigenvalue weighted by atomic mass is 9.82. The second-order valence-corrected chi connectivity index (χ2v) is 11.6. The summed E-state index contributed by atoms with van der Waals surface area (Å²) in [5.41, 5.74) is 7.57. The number of halogens is 4. The minimum atomic E-state index is -4.43. The predicted octanol–water partition coefficient (Wildman–Crippen LogP) is 5.40. The molecule has 3 aromatic rings. The number of likely N-dealkylation sites (N-methyl/N-ethyl adjacent to an activating group) is 2. The van der Waals surface area contributed by atoms with Gasteiger partial charge in [0.2, 0.25) is 0 Å². The summed E-state index contributed by atoms with van der Waals surface area (Å²) in [4.78, 5) is 25.9. The van der Waals surface area contributed by atoms with E-state index in [1.165, 1.54) is 12.5 Å². The van der Waals surface area contributed by atoms with Crippen LogP contribution in [0.4, 0.5) is 13.2 Å². The maximum absolute atomic E-state index is 13.1. The monoisotopic (exact) mass is 618 g/mol. The Kier molecular flexibility index (Phi) is 11.7. The van der Waals surface area contributed by atoms with Gasteiger partial charge in [-0.1, -0.05) is 19.1 Å². The third-order valence-electron chi connectivity index (χ3n) is 8.26. The molecule has 1 aromatic carbocycles. The first-order chi connectivity index (χ1) is 20.0. The molecule has 0 saturated carbocycles. The highest BCUT2D eigenvalue weighted by Crippen LogP contribution is 2.33. The molecule has 4 heterocycles. The largest absolute Gasteiger partial charge is 0.416 e. The number of pyridine rings is 2. The van der Waals surface area contributed by atoms with Crippen LogP contribution < -0.4 is 11.1 Å². The molecule has 1 amide bonds. The number of nitrogens with one attached hydrogen (secondary N) is 1. The fourth-order valence-corrected chi connectivity index (χ4v) is 6.09. The van der Waals surface area contributed by atoms with Gasteiger partial charge in [0.05, 0.1) is 16.6 Å². The Morgan fingerprint density at radius 2 is 1.56 bits per heavy atom. The lowest BCUT2D eigenvalue weighted by Crippen LogP contribution is -2.55. The molecule has 2 atom stereocenters. The van der Waals surface area contributed by atoms with Crippen molar-refractivity contribution in [2.24, 2.45) is 5.73 Å². The van der Waals surface area contributed by atoms with E-state index in [0.717, 1.165) is 62.2 Å². The highest BCUT2D eigenvalue weighted by molar-refractivity contribution is 5.96. The van der Waals surface area contributed by atoms with E-state index in [1.807, 2.05) is 31.4 Å². The lowest BCUT2D eigenvalue weighted by molar-refractivity contribution is -0.137. The molecule has 0 aliphatic carbocycles. The fourth-order valence-electron chi connectivity index (χ4n) is 6.09. The van der Waals surface area contributed by atoms with Crippen molar-refractivity contribution in [1.82, 2.24) is 25.1 Å². The van der Waals surface area contributed by atoms with Crippen molar-refractivity contribution < 1.29 is 18.0 Å². The summed E-state index contributed by atoms with van der Waals surface area (Å²) >= 11 is 0. The van der Waals surface area contributed by atoms with Crippen molar-refractivity contribution in [2.45, 2.75) is 56.3 Å². The highest BCUT2D eigenvalue weighted by Gasteiger charge is 2.39. The number of piperidine rings is 2. The Balaban J connectivity index is 0.000000283. The van der Waals surface area contributed by atoms with Crippen molar-refractivity contribution in [2.75, 3.05) is 40.3 Å². The zero-order chi connectivity index (χ0) is 30.4. The fraction of sp³-hybridized carbons (Fsp3) is 0.469. The zero-order valence-corrected chi connectivity index (χ0v) is 25.8. The normalized spacial score (nSPS) is 23.0. The van der Waals surface area contributed by atoms with Gasteiger partial charge in [-0.3, -0.25) is 14.8 Å². The van der Waals surface area contributed by atoms with E-state index < -0.39 is 17.3 Å². The third-order valence-corrected chi connectivity index (χ3v) is 8.26. The number of nitrogens with zero attached hydrogens (tertiary/aromatic N) is 4. The number of carbonyl (C=O) groups is 1. The van der Waals surface area contributed by atoms with E-state index in [-0.39, 0.29) is 29.4 Å². The van der Waals surface area contributed by atoms with Gasteiger partial charge in [0.15, 0.2) is 0 Å². The molecule has 11 heteroatoms. The van der Waals surface area contributed by atoms with Gasteiger partial charge in [-0.05, 0) is 106 Å². The van der Waals surface area contributed by atoms with Crippen LogP contribution in [0.15, 0.2) is 67.3 Å². The molecule has 3 N–H and O–H groups in total. The van der Waals surface area contributed by atoms with E-state index in [4.69, 9.17) is 5.73 Å². The molecule has 2 fully saturated rings. The molecule has 0 bridgehead atoms. The van der Waals surface area contributed by atoms with Gasteiger partial charge in [-0.15, -0.1) is 12.4 Å². The smallest absolute Gasteiger partial charge is 0.341 e. The maximum atomic E-state index is 13.1. The number of rotatable bonds is 5. The molecule has 0 spiro atoms. The Bertz CT molecular complexity index is 1330. The van der Waals surface area contributed by atoms with E-state index in [1.54, 1.807) is 25.5 Å². The van der Waals surface area contributed by atoms with Crippen LogP contribution in [0, 0.1) is 0 Å². The highest BCUT2D eigenvalue weighted by atomic mass is 35.5. The first kappa shape index (κ1) is 34.4. The number of likely N-dealkylation sites (tertiary alicyclic amines) is 2. The van der Waals surface area contributed by atoms with Gasteiger partial charge in [-0.25, -0.2) is 0 Å². The molecular weight excluding hydrogens is 577 g/mol. The number of amides is 1. The second-order valence-electron chi connectivity index (χ2n) is 11.6. The first-order valence-corrected chi connectivity index (χ1v) is 14.5. The summed E-state index contributed by atoms with van der Waals surface area (Å²) in [6.45, 7) is 5.38. The van der Waals surface area contributed by atoms with Gasteiger partial charge in [0.25, 0.3) is 5.91 Å². The molecule has 2 unspecified atom stereocenters.